The van der Waals surface area contributed by atoms with Crippen LogP contribution in [0, 0.1) is 0 Å². The van der Waals surface area contributed by atoms with Gasteiger partial charge in [-0.15, -0.1) is 0 Å². The molecule has 0 radical (unpaired) electrons. The standard InChI is InChI=1S/C16H28N4O2S/c1-16(2)14(21)20(15(22)17-16)6-3-5-18-7-9-19(10-8-18)13-4-11-23-12-13/h13H,3-12H2,1-2H3,(H,17,22). The molecule has 7 heteroatoms. The zero-order chi connectivity index (χ0) is 16.4. The summed E-state index contributed by atoms with van der Waals surface area (Å²) in [7, 11) is 0. The molecule has 0 aromatic carbocycles. The van der Waals surface area contributed by atoms with Crippen LogP contribution in [0.4, 0.5) is 4.79 Å². The average molecular weight is 340 g/mol. The van der Waals surface area contributed by atoms with Crippen LogP contribution in [0.3, 0.4) is 0 Å². The molecule has 6 nitrogen and oxygen atoms in total. The fourth-order valence-electron chi connectivity index (χ4n) is 3.64. The van der Waals surface area contributed by atoms with E-state index >= 15 is 0 Å². The predicted octanol–water partition coefficient (Wildman–Crippen LogP) is 0.830. The first kappa shape index (κ1) is 17.0. The highest BCUT2D eigenvalue weighted by Gasteiger charge is 2.43. The van der Waals surface area contributed by atoms with E-state index < -0.39 is 5.54 Å². The van der Waals surface area contributed by atoms with Crippen molar-refractivity contribution in [2.75, 3.05) is 50.8 Å². The van der Waals surface area contributed by atoms with Gasteiger partial charge in [-0.1, -0.05) is 0 Å². The third-order valence-electron chi connectivity index (χ3n) is 5.13. The maximum Gasteiger partial charge on any atom is 0.325 e. The van der Waals surface area contributed by atoms with Crippen molar-refractivity contribution in [2.45, 2.75) is 38.3 Å². The molecule has 3 fully saturated rings. The molecule has 1 unspecified atom stereocenters. The molecule has 1 N–H and O–H groups in total. The Balaban J connectivity index is 1.37. The van der Waals surface area contributed by atoms with E-state index in [2.05, 4.69) is 26.9 Å². The van der Waals surface area contributed by atoms with Crippen molar-refractivity contribution >= 4 is 23.7 Å². The average Bonchev–Trinajstić information content (AvgIpc) is 3.11. The number of amides is 3. The lowest BCUT2D eigenvalue weighted by molar-refractivity contribution is -0.130. The number of imide groups is 1. The van der Waals surface area contributed by atoms with Gasteiger partial charge in [0, 0.05) is 44.5 Å². The maximum atomic E-state index is 12.1. The molecule has 3 aliphatic heterocycles. The fourth-order valence-corrected chi connectivity index (χ4v) is 4.89. The number of carbonyl (C=O) groups is 2. The lowest BCUT2D eigenvalue weighted by Gasteiger charge is -2.37. The number of thioether (sulfide) groups is 1. The molecule has 0 spiro atoms. The Morgan fingerprint density at radius 3 is 2.48 bits per heavy atom. The lowest BCUT2D eigenvalue weighted by atomic mass is 10.1. The van der Waals surface area contributed by atoms with Crippen LogP contribution in [0.5, 0.6) is 0 Å². The smallest absolute Gasteiger partial charge is 0.324 e. The first-order chi connectivity index (χ1) is 11.0. The van der Waals surface area contributed by atoms with Gasteiger partial charge in [-0.3, -0.25) is 14.6 Å². The molecule has 0 saturated carbocycles. The van der Waals surface area contributed by atoms with E-state index in [9.17, 15) is 9.59 Å². The largest absolute Gasteiger partial charge is 0.325 e. The van der Waals surface area contributed by atoms with Gasteiger partial charge >= 0.3 is 6.03 Å². The van der Waals surface area contributed by atoms with Gasteiger partial charge in [0.2, 0.25) is 0 Å². The first-order valence-electron chi connectivity index (χ1n) is 8.65. The second kappa shape index (κ2) is 6.99. The monoisotopic (exact) mass is 340 g/mol. The molecule has 3 heterocycles. The number of urea groups is 1. The van der Waals surface area contributed by atoms with Crippen molar-refractivity contribution < 1.29 is 9.59 Å². The number of hydrogen-bond acceptors (Lipinski definition) is 5. The number of piperazine rings is 1. The number of nitrogens with one attached hydrogen (secondary N) is 1. The van der Waals surface area contributed by atoms with Gasteiger partial charge in [0.1, 0.15) is 5.54 Å². The molecule has 3 saturated heterocycles. The van der Waals surface area contributed by atoms with E-state index in [4.69, 9.17) is 0 Å². The van der Waals surface area contributed by atoms with Gasteiger partial charge in [0.05, 0.1) is 0 Å². The van der Waals surface area contributed by atoms with Gasteiger partial charge in [-0.05, 0) is 39.0 Å². The van der Waals surface area contributed by atoms with Crippen LogP contribution >= 0.6 is 11.8 Å². The Labute approximate surface area is 142 Å². The van der Waals surface area contributed by atoms with Crippen molar-refractivity contribution in [3.63, 3.8) is 0 Å². The van der Waals surface area contributed by atoms with Crippen molar-refractivity contribution in [3.8, 4) is 0 Å². The maximum absolute atomic E-state index is 12.1. The second-order valence-corrected chi connectivity index (χ2v) is 8.41. The Bertz CT molecular complexity index is 457. The molecule has 23 heavy (non-hydrogen) atoms. The van der Waals surface area contributed by atoms with Gasteiger partial charge in [0.25, 0.3) is 5.91 Å². The normalized spacial score (nSPS) is 29.3. The van der Waals surface area contributed by atoms with Crippen molar-refractivity contribution in [2.24, 2.45) is 0 Å². The highest BCUT2D eigenvalue weighted by atomic mass is 32.2. The summed E-state index contributed by atoms with van der Waals surface area (Å²) in [6.45, 7) is 9.52. The lowest BCUT2D eigenvalue weighted by Crippen LogP contribution is -2.50. The Kier molecular flexibility index (Phi) is 5.18. The fraction of sp³-hybridized carbons (Fsp3) is 0.875. The Morgan fingerprint density at radius 2 is 1.91 bits per heavy atom. The summed E-state index contributed by atoms with van der Waals surface area (Å²) in [6, 6.07) is 0.541. The van der Waals surface area contributed by atoms with E-state index in [1.165, 1.54) is 22.8 Å². The summed E-state index contributed by atoms with van der Waals surface area (Å²) in [6.07, 6.45) is 2.20. The minimum atomic E-state index is -0.748. The molecule has 3 rings (SSSR count). The molecular weight excluding hydrogens is 312 g/mol. The van der Waals surface area contributed by atoms with Crippen LogP contribution in [-0.2, 0) is 4.79 Å². The third kappa shape index (κ3) is 3.83. The van der Waals surface area contributed by atoms with Gasteiger partial charge in [-0.2, -0.15) is 11.8 Å². The summed E-state index contributed by atoms with van der Waals surface area (Å²) < 4.78 is 0. The van der Waals surface area contributed by atoms with Crippen LogP contribution in [0.15, 0.2) is 0 Å². The van der Waals surface area contributed by atoms with Gasteiger partial charge in [0.15, 0.2) is 0 Å². The minimum absolute atomic E-state index is 0.106. The van der Waals surface area contributed by atoms with Crippen LogP contribution in [0.25, 0.3) is 0 Å². The SMILES string of the molecule is CC1(C)NC(=O)N(CCCN2CCN(C3CCSC3)CC2)C1=O. The topological polar surface area (TPSA) is 55.9 Å². The molecule has 3 amide bonds. The van der Waals surface area contributed by atoms with Crippen LogP contribution in [-0.4, -0.2) is 89.0 Å². The molecule has 0 bridgehead atoms. The highest BCUT2D eigenvalue weighted by molar-refractivity contribution is 7.99. The molecule has 130 valence electrons. The van der Waals surface area contributed by atoms with Crippen LogP contribution < -0.4 is 5.32 Å². The minimum Gasteiger partial charge on any atom is -0.324 e. The first-order valence-corrected chi connectivity index (χ1v) is 9.81. The number of carbonyl (C=O) groups excluding carboxylic acids is 2. The van der Waals surface area contributed by atoms with Gasteiger partial charge in [-0.25, -0.2) is 4.79 Å². The number of rotatable bonds is 5. The van der Waals surface area contributed by atoms with Crippen molar-refractivity contribution in [1.29, 1.82) is 0 Å². The summed E-state index contributed by atoms with van der Waals surface area (Å²) in [4.78, 5) is 30.4. The number of nitrogens with zero attached hydrogens (tertiary/aromatic N) is 3. The molecule has 1 atom stereocenters. The summed E-state index contributed by atoms with van der Waals surface area (Å²) in [5, 5.41) is 2.73. The number of hydrogen-bond donors (Lipinski definition) is 1. The van der Waals surface area contributed by atoms with Crippen molar-refractivity contribution in [1.82, 2.24) is 20.0 Å². The van der Waals surface area contributed by atoms with Crippen molar-refractivity contribution in [3.05, 3.63) is 0 Å². The van der Waals surface area contributed by atoms with Crippen LogP contribution in [0.2, 0.25) is 0 Å². The van der Waals surface area contributed by atoms with E-state index in [1.807, 2.05) is 0 Å². The van der Waals surface area contributed by atoms with E-state index in [-0.39, 0.29) is 11.9 Å². The summed E-state index contributed by atoms with van der Waals surface area (Å²) >= 11 is 2.07. The molecule has 0 aromatic heterocycles. The summed E-state index contributed by atoms with van der Waals surface area (Å²) in [5.41, 5.74) is -0.748. The highest BCUT2D eigenvalue weighted by Crippen LogP contribution is 2.23. The molecule has 0 aromatic rings. The zero-order valence-electron chi connectivity index (χ0n) is 14.2. The van der Waals surface area contributed by atoms with E-state index in [1.54, 1.807) is 13.8 Å². The van der Waals surface area contributed by atoms with E-state index in [0.29, 0.717) is 6.54 Å². The molecular formula is C16H28N4O2S. The second-order valence-electron chi connectivity index (χ2n) is 7.26. The predicted molar refractivity (Wildman–Crippen MR) is 92.7 cm³/mol. The zero-order valence-corrected chi connectivity index (χ0v) is 15.0. The molecule has 0 aliphatic carbocycles. The summed E-state index contributed by atoms with van der Waals surface area (Å²) in [5.74, 6) is 2.50. The Morgan fingerprint density at radius 1 is 1.17 bits per heavy atom. The quantitative estimate of drug-likeness (QED) is 0.752. The third-order valence-corrected chi connectivity index (χ3v) is 6.27. The van der Waals surface area contributed by atoms with Crippen LogP contribution in [0.1, 0.15) is 26.7 Å². The Hall–Kier alpha value is -0.790. The van der Waals surface area contributed by atoms with E-state index in [0.717, 1.165) is 45.2 Å². The molecule has 3 aliphatic rings. The van der Waals surface area contributed by atoms with Gasteiger partial charge < -0.3 is 10.2 Å².